The van der Waals surface area contributed by atoms with Crippen molar-refractivity contribution >= 4 is 23.5 Å². The molecule has 1 fully saturated rings. The molecule has 21 heavy (non-hydrogen) atoms. The van der Waals surface area contributed by atoms with Gasteiger partial charge in [-0.15, -0.1) is 0 Å². The number of carbonyl (C=O) groups is 2. The molecule has 1 saturated heterocycles. The topological polar surface area (TPSA) is 69.6 Å². The van der Waals surface area contributed by atoms with Crippen molar-refractivity contribution in [3.8, 4) is 0 Å². The number of β-amino-alcohol motifs (C(OH)–C–C–N with tert-alkyl or cyclic N) is 1. The first-order chi connectivity index (χ1) is 9.88. The van der Waals surface area contributed by atoms with Crippen molar-refractivity contribution in [2.75, 3.05) is 6.54 Å². The van der Waals surface area contributed by atoms with E-state index in [9.17, 15) is 14.7 Å². The highest BCUT2D eigenvalue weighted by Gasteiger charge is 2.38. The van der Waals surface area contributed by atoms with Gasteiger partial charge < -0.3 is 10.4 Å². The molecule has 1 aliphatic heterocycles. The second kappa shape index (κ2) is 6.45. The smallest absolute Gasteiger partial charge is 0.324 e. The van der Waals surface area contributed by atoms with E-state index in [2.05, 4.69) is 5.32 Å². The number of benzene rings is 1. The van der Waals surface area contributed by atoms with Crippen LogP contribution in [0, 0.1) is 5.92 Å². The number of aliphatic hydroxyl groups is 1. The van der Waals surface area contributed by atoms with Crippen LogP contribution in [-0.4, -0.2) is 34.5 Å². The Morgan fingerprint density at radius 2 is 2.10 bits per heavy atom. The minimum atomic E-state index is -0.948. The van der Waals surface area contributed by atoms with Crippen LogP contribution < -0.4 is 5.32 Å². The van der Waals surface area contributed by atoms with Crippen LogP contribution in [0.25, 0.3) is 0 Å². The quantitative estimate of drug-likeness (QED) is 0.820. The van der Waals surface area contributed by atoms with E-state index in [-0.39, 0.29) is 12.5 Å². The highest BCUT2D eigenvalue weighted by atomic mass is 35.5. The van der Waals surface area contributed by atoms with Crippen LogP contribution in [0.4, 0.5) is 4.79 Å². The average Bonchev–Trinajstić information content (AvgIpc) is 2.65. The molecule has 2 rings (SSSR count). The SMILES string of the molecule is CC(C)CC1NC(=O)N(CC(O)c2cccc(Cl)c2)C1=O. The first-order valence-electron chi connectivity index (χ1n) is 6.94. The van der Waals surface area contributed by atoms with Gasteiger partial charge in [0.25, 0.3) is 5.91 Å². The van der Waals surface area contributed by atoms with Gasteiger partial charge in [-0.1, -0.05) is 37.6 Å². The molecule has 2 N–H and O–H groups in total. The number of urea groups is 1. The summed E-state index contributed by atoms with van der Waals surface area (Å²) in [5, 5.41) is 13.3. The van der Waals surface area contributed by atoms with Gasteiger partial charge in [0.15, 0.2) is 0 Å². The Morgan fingerprint density at radius 3 is 2.71 bits per heavy atom. The molecule has 0 saturated carbocycles. The molecule has 5 nitrogen and oxygen atoms in total. The predicted molar refractivity (Wildman–Crippen MR) is 79.9 cm³/mol. The minimum absolute atomic E-state index is 0.0698. The van der Waals surface area contributed by atoms with Crippen LogP contribution in [0.5, 0.6) is 0 Å². The molecule has 1 aromatic rings. The molecule has 0 aromatic heterocycles. The third-order valence-electron chi connectivity index (χ3n) is 3.40. The van der Waals surface area contributed by atoms with E-state index in [0.717, 1.165) is 4.90 Å². The number of imide groups is 1. The van der Waals surface area contributed by atoms with Crippen molar-refractivity contribution in [2.24, 2.45) is 5.92 Å². The number of hydrogen-bond donors (Lipinski definition) is 2. The second-order valence-electron chi connectivity index (χ2n) is 5.65. The molecule has 0 spiro atoms. The lowest BCUT2D eigenvalue weighted by Crippen LogP contribution is -2.35. The van der Waals surface area contributed by atoms with Crippen LogP contribution in [0.3, 0.4) is 0 Å². The van der Waals surface area contributed by atoms with Crippen molar-refractivity contribution < 1.29 is 14.7 Å². The lowest BCUT2D eigenvalue weighted by atomic mass is 10.0. The molecule has 0 bridgehead atoms. The number of nitrogens with one attached hydrogen (secondary N) is 1. The number of carbonyl (C=O) groups excluding carboxylic acids is 2. The van der Waals surface area contributed by atoms with Gasteiger partial charge in [0.1, 0.15) is 6.04 Å². The van der Waals surface area contributed by atoms with E-state index in [1.165, 1.54) is 0 Å². The standard InChI is InChI=1S/C15H19ClN2O3/c1-9(2)6-12-14(20)18(15(21)17-12)8-13(19)10-4-3-5-11(16)7-10/h3-5,7,9,12-13,19H,6,8H2,1-2H3,(H,17,21). The number of rotatable bonds is 5. The fraction of sp³-hybridized carbons (Fsp3) is 0.467. The predicted octanol–water partition coefficient (Wildman–Crippen LogP) is 2.34. The van der Waals surface area contributed by atoms with Crippen molar-refractivity contribution in [2.45, 2.75) is 32.4 Å². The van der Waals surface area contributed by atoms with Crippen LogP contribution in [-0.2, 0) is 4.79 Å². The Hall–Kier alpha value is -1.59. The second-order valence-corrected chi connectivity index (χ2v) is 6.09. The fourth-order valence-electron chi connectivity index (χ4n) is 2.37. The molecule has 2 unspecified atom stereocenters. The largest absolute Gasteiger partial charge is 0.387 e. The Labute approximate surface area is 128 Å². The number of nitrogens with zero attached hydrogens (tertiary/aromatic N) is 1. The number of hydrogen-bond acceptors (Lipinski definition) is 3. The number of halogens is 1. The molecule has 1 aromatic carbocycles. The van der Waals surface area contributed by atoms with Gasteiger partial charge in [0, 0.05) is 5.02 Å². The summed E-state index contributed by atoms with van der Waals surface area (Å²) in [7, 11) is 0. The molecule has 1 heterocycles. The third-order valence-corrected chi connectivity index (χ3v) is 3.64. The molecule has 2 atom stereocenters. The Balaban J connectivity index is 2.05. The molecule has 1 aliphatic rings. The first-order valence-corrected chi connectivity index (χ1v) is 7.31. The van der Waals surface area contributed by atoms with Crippen molar-refractivity contribution in [1.82, 2.24) is 10.2 Å². The molecular weight excluding hydrogens is 292 g/mol. The van der Waals surface area contributed by atoms with Crippen LogP contribution in [0.2, 0.25) is 5.02 Å². The summed E-state index contributed by atoms with van der Waals surface area (Å²) in [4.78, 5) is 25.1. The normalized spacial score (nSPS) is 20.0. The summed E-state index contributed by atoms with van der Waals surface area (Å²) < 4.78 is 0. The average molecular weight is 311 g/mol. The van der Waals surface area contributed by atoms with Crippen LogP contribution in [0.1, 0.15) is 31.9 Å². The lowest BCUT2D eigenvalue weighted by Gasteiger charge is -2.18. The Bertz CT molecular complexity index is 547. The van der Waals surface area contributed by atoms with E-state index in [4.69, 9.17) is 11.6 Å². The zero-order valence-corrected chi connectivity index (χ0v) is 12.8. The van der Waals surface area contributed by atoms with Gasteiger partial charge >= 0.3 is 6.03 Å². The maximum atomic E-state index is 12.2. The molecule has 0 aliphatic carbocycles. The van der Waals surface area contributed by atoms with Gasteiger partial charge in [-0.2, -0.15) is 0 Å². The maximum Gasteiger partial charge on any atom is 0.324 e. The van der Waals surface area contributed by atoms with Crippen LogP contribution in [0.15, 0.2) is 24.3 Å². The molecule has 3 amide bonds. The van der Waals surface area contributed by atoms with Crippen LogP contribution >= 0.6 is 11.6 Å². The number of aliphatic hydroxyl groups excluding tert-OH is 1. The summed E-state index contributed by atoms with van der Waals surface area (Å²) in [6, 6.07) is 5.80. The van der Waals surface area contributed by atoms with E-state index in [0.29, 0.717) is 22.9 Å². The summed E-state index contributed by atoms with van der Waals surface area (Å²) >= 11 is 5.87. The van der Waals surface area contributed by atoms with E-state index < -0.39 is 18.2 Å². The highest BCUT2D eigenvalue weighted by Crippen LogP contribution is 2.21. The monoisotopic (exact) mass is 310 g/mol. The van der Waals surface area contributed by atoms with Crippen molar-refractivity contribution in [3.05, 3.63) is 34.9 Å². The zero-order valence-electron chi connectivity index (χ0n) is 12.0. The summed E-state index contributed by atoms with van der Waals surface area (Å²) in [6.07, 6.45) is -0.356. The Morgan fingerprint density at radius 1 is 1.38 bits per heavy atom. The number of amides is 3. The van der Waals surface area contributed by atoms with Gasteiger partial charge in [0.05, 0.1) is 12.6 Å². The minimum Gasteiger partial charge on any atom is -0.387 e. The molecular formula is C15H19ClN2O3. The van der Waals surface area contributed by atoms with E-state index in [1.807, 2.05) is 13.8 Å². The van der Waals surface area contributed by atoms with Crippen molar-refractivity contribution in [3.63, 3.8) is 0 Å². The maximum absolute atomic E-state index is 12.2. The lowest BCUT2D eigenvalue weighted by molar-refractivity contribution is -0.128. The zero-order chi connectivity index (χ0) is 15.6. The molecule has 114 valence electrons. The fourth-order valence-corrected chi connectivity index (χ4v) is 2.57. The Kier molecular flexibility index (Phi) is 4.85. The first kappa shape index (κ1) is 15.8. The van der Waals surface area contributed by atoms with E-state index >= 15 is 0 Å². The molecule has 0 radical (unpaired) electrons. The summed E-state index contributed by atoms with van der Waals surface area (Å²) in [5.41, 5.74) is 0.579. The van der Waals surface area contributed by atoms with Gasteiger partial charge in [-0.25, -0.2) is 4.79 Å². The van der Waals surface area contributed by atoms with Gasteiger partial charge in [-0.05, 0) is 30.0 Å². The highest BCUT2D eigenvalue weighted by molar-refractivity contribution is 6.30. The van der Waals surface area contributed by atoms with Gasteiger partial charge in [0.2, 0.25) is 0 Å². The van der Waals surface area contributed by atoms with Crippen molar-refractivity contribution in [1.29, 1.82) is 0 Å². The third kappa shape index (κ3) is 3.74. The summed E-state index contributed by atoms with van der Waals surface area (Å²) in [6.45, 7) is 3.91. The van der Waals surface area contributed by atoms with Gasteiger partial charge in [-0.3, -0.25) is 9.69 Å². The van der Waals surface area contributed by atoms with E-state index in [1.54, 1.807) is 24.3 Å². The molecule has 6 heteroatoms. The summed E-state index contributed by atoms with van der Waals surface area (Å²) in [5.74, 6) is 0.0202.